The van der Waals surface area contributed by atoms with Crippen molar-refractivity contribution in [1.82, 2.24) is 0 Å². The molecular formula is C24H21F2NO5. The average Bonchev–Trinajstić information content (AvgIpc) is 2.78. The molecule has 32 heavy (non-hydrogen) atoms. The predicted octanol–water partition coefficient (Wildman–Crippen LogP) is 5.14. The molecule has 3 aromatic rings. The number of hydrogen-bond acceptors (Lipinski definition) is 5. The number of para-hydroxylation sites is 1. The van der Waals surface area contributed by atoms with Gasteiger partial charge in [0.05, 0.1) is 12.8 Å². The second-order valence-corrected chi connectivity index (χ2v) is 6.76. The van der Waals surface area contributed by atoms with Gasteiger partial charge in [-0.2, -0.15) is 8.78 Å². The van der Waals surface area contributed by atoms with Gasteiger partial charge in [0.1, 0.15) is 17.1 Å². The summed E-state index contributed by atoms with van der Waals surface area (Å²) in [4.78, 5) is 25.9. The van der Waals surface area contributed by atoms with Crippen molar-refractivity contribution in [2.45, 2.75) is 19.6 Å². The number of esters is 1. The number of alkyl halides is 2. The number of methoxy groups -OCH3 is 1. The zero-order chi connectivity index (χ0) is 23.1. The van der Waals surface area contributed by atoms with Crippen LogP contribution < -0.4 is 14.8 Å². The summed E-state index contributed by atoms with van der Waals surface area (Å²) < 4.78 is 40.6. The summed E-state index contributed by atoms with van der Waals surface area (Å²) in [6.07, 6.45) is -1.35. The Hall–Kier alpha value is -3.94. The number of carbonyl (C=O) groups excluding carboxylic acids is 2. The molecule has 3 rings (SSSR count). The lowest BCUT2D eigenvalue weighted by atomic mass is 10.1. The number of hydrogen-bond donors (Lipinski definition) is 1. The van der Waals surface area contributed by atoms with Crippen molar-refractivity contribution in [3.8, 4) is 11.5 Å². The van der Waals surface area contributed by atoms with Gasteiger partial charge in [0.15, 0.2) is 0 Å². The number of rotatable bonds is 8. The number of nitrogens with one attached hydrogen (secondary N) is 1. The van der Waals surface area contributed by atoms with E-state index in [0.29, 0.717) is 17.0 Å². The van der Waals surface area contributed by atoms with E-state index in [-0.39, 0.29) is 11.3 Å². The van der Waals surface area contributed by atoms with Gasteiger partial charge >= 0.3 is 12.6 Å². The molecule has 1 atom stereocenters. The van der Waals surface area contributed by atoms with Gasteiger partial charge in [0.2, 0.25) is 6.10 Å². The topological polar surface area (TPSA) is 73.9 Å². The molecule has 0 radical (unpaired) electrons. The van der Waals surface area contributed by atoms with Crippen LogP contribution >= 0.6 is 0 Å². The maximum Gasteiger partial charge on any atom is 0.387 e. The highest BCUT2D eigenvalue weighted by molar-refractivity contribution is 5.99. The minimum atomic E-state index is -3.12. The molecule has 166 valence electrons. The fraction of sp³-hybridized carbons (Fsp3) is 0.167. The number of benzene rings is 3. The van der Waals surface area contributed by atoms with Crippen molar-refractivity contribution in [2.24, 2.45) is 0 Å². The van der Waals surface area contributed by atoms with Gasteiger partial charge in [0, 0.05) is 5.56 Å². The van der Waals surface area contributed by atoms with Crippen molar-refractivity contribution < 1.29 is 32.6 Å². The third kappa shape index (κ3) is 5.60. The second kappa shape index (κ2) is 10.4. The highest BCUT2D eigenvalue weighted by Gasteiger charge is 2.28. The Morgan fingerprint density at radius 1 is 0.906 bits per heavy atom. The first kappa shape index (κ1) is 22.7. The molecule has 6 nitrogen and oxygen atoms in total. The number of halogens is 2. The lowest BCUT2D eigenvalue weighted by Gasteiger charge is -2.20. The van der Waals surface area contributed by atoms with Gasteiger partial charge < -0.3 is 19.5 Å². The molecule has 0 fully saturated rings. The van der Waals surface area contributed by atoms with Crippen molar-refractivity contribution in [3.05, 3.63) is 89.5 Å². The minimum absolute atomic E-state index is 0.227. The maximum absolute atomic E-state index is 13.1. The first-order chi connectivity index (χ1) is 15.4. The molecule has 0 aliphatic heterocycles. The van der Waals surface area contributed by atoms with Gasteiger partial charge in [-0.05, 0) is 36.8 Å². The van der Waals surface area contributed by atoms with Crippen LogP contribution in [-0.4, -0.2) is 25.6 Å². The van der Waals surface area contributed by atoms with Gasteiger partial charge in [-0.1, -0.05) is 48.5 Å². The molecule has 0 heterocycles. The smallest absolute Gasteiger partial charge is 0.387 e. The lowest BCUT2D eigenvalue weighted by Crippen LogP contribution is -2.26. The first-order valence-corrected chi connectivity index (χ1v) is 9.64. The highest BCUT2D eigenvalue weighted by Crippen LogP contribution is 2.29. The number of carbonyl (C=O) groups is 2. The van der Waals surface area contributed by atoms with Crippen LogP contribution in [0.4, 0.5) is 14.5 Å². The van der Waals surface area contributed by atoms with Crippen LogP contribution in [-0.2, 0) is 9.53 Å². The third-order valence-corrected chi connectivity index (χ3v) is 4.50. The van der Waals surface area contributed by atoms with E-state index in [0.717, 1.165) is 5.56 Å². The van der Waals surface area contributed by atoms with Crippen molar-refractivity contribution in [1.29, 1.82) is 0 Å². The normalized spacial score (nSPS) is 11.5. The standard InChI is InChI=1S/C24H21F2NO5/c1-15-12-13-20(30-2)18(14-15)27-22(28)21(16-8-4-3-5-9-16)32-23(29)17-10-6-7-11-19(17)31-24(25)26/h3-14,21,24H,1-2H3,(H,27,28). The largest absolute Gasteiger partial charge is 0.495 e. The summed E-state index contributed by atoms with van der Waals surface area (Å²) in [5.74, 6) is -1.54. The molecule has 0 bridgehead atoms. The van der Waals surface area contributed by atoms with E-state index < -0.39 is 24.6 Å². The summed E-state index contributed by atoms with van der Waals surface area (Å²) in [6.45, 7) is -1.27. The van der Waals surface area contributed by atoms with Crippen LogP contribution in [0.2, 0.25) is 0 Å². The fourth-order valence-electron chi connectivity index (χ4n) is 3.02. The number of ether oxygens (including phenoxy) is 3. The number of anilines is 1. The van der Waals surface area contributed by atoms with E-state index >= 15 is 0 Å². The predicted molar refractivity (Wildman–Crippen MR) is 114 cm³/mol. The molecule has 1 unspecified atom stereocenters. The van der Waals surface area contributed by atoms with E-state index in [4.69, 9.17) is 9.47 Å². The fourth-order valence-corrected chi connectivity index (χ4v) is 3.02. The Bertz CT molecular complexity index is 1090. The third-order valence-electron chi connectivity index (χ3n) is 4.50. The molecule has 3 aromatic carbocycles. The summed E-state index contributed by atoms with van der Waals surface area (Å²) in [6, 6.07) is 19.0. The molecule has 0 saturated heterocycles. The summed E-state index contributed by atoms with van der Waals surface area (Å²) in [5.41, 5.74) is 1.45. The zero-order valence-electron chi connectivity index (χ0n) is 17.4. The molecule has 0 aliphatic rings. The Balaban J connectivity index is 1.90. The second-order valence-electron chi connectivity index (χ2n) is 6.76. The zero-order valence-corrected chi connectivity index (χ0v) is 17.4. The van der Waals surface area contributed by atoms with Gasteiger partial charge in [-0.25, -0.2) is 4.79 Å². The van der Waals surface area contributed by atoms with Crippen LogP contribution in [0, 0.1) is 6.92 Å². The molecule has 0 saturated carbocycles. The molecule has 0 spiro atoms. The van der Waals surface area contributed by atoms with Crippen LogP contribution in [0.25, 0.3) is 0 Å². The Morgan fingerprint density at radius 2 is 1.59 bits per heavy atom. The molecule has 1 amide bonds. The van der Waals surface area contributed by atoms with E-state index in [1.807, 2.05) is 13.0 Å². The van der Waals surface area contributed by atoms with Crippen LogP contribution in [0.3, 0.4) is 0 Å². The van der Waals surface area contributed by atoms with Crippen molar-refractivity contribution in [3.63, 3.8) is 0 Å². The Labute approximate surface area is 183 Å². The first-order valence-electron chi connectivity index (χ1n) is 9.64. The number of amides is 1. The van der Waals surface area contributed by atoms with Gasteiger partial charge in [0.25, 0.3) is 5.91 Å². The Morgan fingerprint density at radius 3 is 2.28 bits per heavy atom. The number of aryl methyl sites for hydroxylation is 1. The van der Waals surface area contributed by atoms with Crippen molar-refractivity contribution in [2.75, 3.05) is 12.4 Å². The van der Waals surface area contributed by atoms with E-state index in [2.05, 4.69) is 10.1 Å². The molecule has 1 N–H and O–H groups in total. The highest BCUT2D eigenvalue weighted by atomic mass is 19.3. The van der Waals surface area contributed by atoms with E-state index in [1.165, 1.54) is 31.4 Å². The average molecular weight is 441 g/mol. The SMILES string of the molecule is COc1ccc(C)cc1NC(=O)C(OC(=O)c1ccccc1OC(F)F)c1ccccc1. The Kier molecular flexibility index (Phi) is 7.38. The van der Waals surface area contributed by atoms with Crippen molar-refractivity contribution >= 4 is 17.6 Å². The summed E-state index contributed by atoms with van der Waals surface area (Å²) in [5, 5.41) is 2.71. The summed E-state index contributed by atoms with van der Waals surface area (Å²) in [7, 11) is 1.47. The van der Waals surface area contributed by atoms with Crippen LogP contribution in [0.15, 0.2) is 72.8 Å². The monoisotopic (exact) mass is 441 g/mol. The quantitative estimate of drug-likeness (QED) is 0.490. The lowest BCUT2D eigenvalue weighted by molar-refractivity contribution is -0.125. The van der Waals surface area contributed by atoms with E-state index in [9.17, 15) is 18.4 Å². The molecule has 8 heteroatoms. The molecule has 0 aromatic heterocycles. The van der Waals surface area contributed by atoms with Crippen LogP contribution in [0.1, 0.15) is 27.6 Å². The molecule has 0 aliphatic carbocycles. The minimum Gasteiger partial charge on any atom is -0.495 e. The summed E-state index contributed by atoms with van der Waals surface area (Å²) >= 11 is 0. The maximum atomic E-state index is 13.1. The van der Waals surface area contributed by atoms with Gasteiger partial charge in [-0.15, -0.1) is 0 Å². The van der Waals surface area contributed by atoms with Gasteiger partial charge in [-0.3, -0.25) is 4.79 Å². The van der Waals surface area contributed by atoms with Crippen LogP contribution in [0.5, 0.6) is 11.5 Å². The van der Waals surface area contributed by atoms with E-state index in [1.54, 1.807) is 42.5 Å². The molecular weight excluding hydrogens is 420 g/mol.